The molecule has 0 aliphatic heterocycles. The lowest BCUT2D eigenvalue weighted by Crippen LogP contribution is -2.29. The van der Waals surface area contributed by atoms with Gasteiger partial charge in [-0.25, -0.2) is 0 Å². The van der Waals surface area contributed by atoms with Gasteiger partial charge in [-0.1, -0.05) is 37.8 Å². The van der Waals surface area contributed by atoms with Crippen LogP contribution in [-0.4, -0.2) is 33.8 Å². The molecular weight excluding hydrogens is 226 g/mol. The number of rotatable bonds is 7. The molecule has 0 rings (SSSR count). The number of nitrogens with zero attached hydrogens (tertiary/aromatic N) is 1. The highest BCUT2D eigenvalue weighted by Crippen LogP contribution is 2.12. The molecular formula is C11H21NOS2. The third kappa shape index (κ3) is 7.79. The summed E-state index contributed by atoms with van der Waals surface area (Å²) in [6.45, 7) is 8.00. The number of thioether (sulfide) groups is 1. The molecule has 0 saturated carbocycles. The predicted octanol–water partition coefficient (Wildman–Crippen LogP) is 3.11. The van der Waals surface area contributed by atoms with E-state index in [9.17, 15) is 4.79 Å². The van der Waals surface area contributed by atoms with Crippen molar-refractivity contribution >= 4 is 34.1 Å². The minimum Gasteiger partial charge on any atom is -0.358 e. The fraction of sp³-hybridized carbons (Fsp3) is 0.818. The van der Waals surface area contributed by atoms with Crippen molar-refractivity contribution in [2.24, 2.45) is 0 Å². The van der Waals surface area contributed by atoms with Crippen molar-refractivity contribution in [3.63, 3.8) is 0 Å². The van der Waals surface area contributed by atoms with Gasteiger partial charge >= 0.3 is 0 Å². The van der Waals surface area contributed by atoms with Gasteiger partial charge in [-0.2, -0.15) is 0 Å². The number of carbonyl (C=O) groups is 1. The molecule has 0 N–H and O–H groups in total. The van der Waals surface area contributed by atoms with Crippen LogP contribution in [0.2, 0.25) is 0 Å². The molecule has 0 amide bonds. The van der Waals surface area contributed by atoms with Crippen LogP contribution in [0.4, 0.5) is 0 Å². The quantitative estimate of drug-likeness (QED) is 0.644. The first kappa shape index (κ1) is 14.9. The Labute approximate surface area is 103 Å². The Balaban J connectivity index is 3.85. The topological polar surface area (TPSA) is 20.3 Å². The Bertz CT molecular complexity index is 201. The Kier molecular flexibility index (Phi) is 9.10. The summed E-state index contributed by atoms with van der Waals surface area (Å²) in [6, 6.07) is 0. The molecule has 0 radical (unpaired) electrons. The lowest BCUT2D eigenvalue weighted by Gasteiger charge is -2.23. The zero-order valence-corrected chi connectivity index (χ0v) is 11.5. The summed E-state index contributed by atoms with van der Waals surface area (Å²) in [7, 11) is 0. The Morgan fingerprint density at radius 2 is 1.80 bits per heavy atom. The number of hydrogen-bond donors (Lipinski definition) is 0. The third-order valence-corrected chi connectivity index (χ3v) is 3.45. The number of ketones is 1. The van der Waals surface area contributed by atoms with Crippen LogP contribution in [-0.2, 0) is 4.79 Å². The van der Waals surface area contributed by atoms with Gasteiger partial charge in [-0.3, -0.25) is 4.79 Å². The zero-order valence-electron chi connectivity index (χ0n) is 9.91. The molecule has 0 fully saturated rings. The lowest BCUT2D eigenvalue weighted by molar-refractivity contribution is -0.116. The minimum atomic E-state index is 0.239. The number of thiocarbonyl (C=S) groups is 1. The molecule has 0 spiro atoms. The summed E-state index contributed by atoms with van der Waals surface area (Å²) in [5, 5.41) is 0. The van der Waals surface area contributed by atoms with Gasteiger partial charge in [0.15, 0.2) is 0 Å². The summed E-state index contributed by atoms with van der Waals surface area (Å²) in [6.07, 6.45) is 2.86. The van der Waals surface area contributed by atoms with Gasteiger partial charge in [0.1, 0.15) is 10.1 Å². The first-order valence-electron chi connectivity index (χ1n) is 5.52. The summed E-state index contributed by atoms with van der Waals surface area (Å²) in [4.78, 5) is 13.0. The van der Waals surface area contributed by atoms with Crippen molar-refractivity contribution in [1.29, 1.82) is 0 Å². The smallest absolute Gasteiger partial charge is 0.136 e. The molecule has 2 nitrogen and oxygen atoms in total. The van der Waals surface area contributed by atoms with E-state index < -0.39 is 0 Å². The van der Waals surface area contributed by atoms with Crippen molar-refractivity contribution < 1.29 is 4.79 Å². The molecule has 0 unspecified atom stereocenters. The van der Waals surface area contributed by atoms with Crippen LogP contribution in [0.3, 0.4) is 0 Å². The predicted molar refractivity (Wildman–Crippen MR) is 72.5 cm³/mol. The highest BCUT2D eigenvalue weighted by atomic mass is 32.2. The number of carbonyl (C=O) groups excluding carboxylic acids is 1. The maximum absolute atomic E-state index is 10.8. The maximum Gasteiger partial charge on any atom is 0.136 e. The van der Waals surface area contributed by atoms with E-state index in [2.05, 4.69) is 18.7 Å². The van der Waals surface area contributed by atoms with Crippen molar-refractivity contribution in [2.45, 2.75) is 40.0 Å². The summed E-state index contributed by atoms with van der Waals surface area (Å²) in [5.74, 6) is 1.06. The van der Waals surface area contributed by atoms with Crippen LogP contribution in [0.15, 0.2) is 0 Å². The standard InChI is InChI=1S/C11H21NOS2/c1-4-7-12(8-5-2)11(14)15-9-6-10(3)13/h4-9H2,1-3H3. The van der Waals surface area contributed by atoms with E-state index in [0.29, 0.717) is 6.42 Å². The largest absolute Gasteiger partial charge is 0.358 e. The van der Waals surface area contributed by atoms with Crippen LogP contribution in [0.5, 0.6) is 0 Å². The lowest BCUT2D eigenvalue weighted by atomic mass is 10.4. The average molecular weight is 247 g/mol. The summed E-state index contributed by atoms with van der Waals surface area (Å²) < 4.78 is 0.944. The average Bonchev–Trinajstić information content (AvgIpc) is 2.16. The third-order valence-electron chi connectivity index (χ3n) is 1.92. The molecule has 0 aromatic heterocycles. The highest BCUT2D eigenvalue weighted by molar-refractivity contribution is 8.22. The normalized spacial score (nSPS) is 10.1. The van der Waals surface area contributed by atoms with Crippen molar-refractivity contribution in [2.75, 3.05) is 18.8 Å². The van der Waals surface area contributed by atoms with E-state index in [4.69, 9.17) is 12.2 Å². The second-order valence-electron chi connectivity index (χ2n) is 3.55. The second-order valence-corrected chi connectivity index (χ2v) is 5.28. The first-order chi connectivity index (χ1) is 7.11. The molecule has 0 aliphatic rings. The van der Waals surface area contributed by atoms with E-state index in [1.165, 1.54) is 0 Å². The molecule has 0 saturated heterocycles. The van der Waals surface area contributed by atoms with Gasteiger partial charge in [-0.15, -0.1) is 0 Å². The van der Waals surface area contributed by atoms with Gasteiger partial charge in [0.25, 0.3) is 0 Å². The zero-order chi connectivity index (χ0) is 11.7. The second kappa shape index (κ2) is 9.16. The van der Waals surface area contributed by atoms with Gasteiger partial charge in [0.2, 0.25) is 0 Å². The highest BCUT2D eigenvalue weighted by Gasteiger charge is 2.08. The van der Waals surface area contributed by atoms with Crippen molar-refractivity contribution in [3.05, 3.63) is 0 Å². The van der Waals surface area contributed by atoms with E-state index in [1.807, 2.05) is 0 Å². The van der Waals surface area contributed by atoms with Crippen molar-refractivity contribution in [1.82, 2.24) is 4.90 Å². The van der Waals surface area contributed by atoms with Gasteiger partial charge < -0.3 is 4.90 Å². The SMILES string of the molecule is CCCN(CCC)C(=S)SCCC(C)=O. The van der Waals surface area contributed by atoms with E-state index in [0.717, 1.165) is 36.0 Å². The fourth-order valence-electron chi connectivity index (χ4n) is 1.21. The molecule has 0 aromatic carbocycles. The Morgan fingerprint density at radius 1 is 1.27 bits per heavy atom. The Morgan fingerprint density at radius 3 is 2.20 bits per heavy atom. The van der Waals surface area contributed by atoms with E-state index in [-0.39, 0.29) is 5.78 Å². The molecule has 0 heterocycles. The fourth-order valence-corrected chi connectivity index (χ4v) is 2.57. The summed E-state index contributed by atoms with van der Waals surface area (Å²) in [5.41, 5.74) is 0. The van der Waals surface area contributed by atoms with Gasteiger partial charge in [-0.05, 0) is 19.8 Å². The maximum atomic E-state index is 10.8. The van der Waals surface area contributed by atoms with Crippen LogP contribution >= 0.6 is 24.0 Å². The molecule has 15 heavy (non-hydrogen) atoms. The van der Waals surface area contributed by atoms with Crippen LogP contribution in [0.25, 0.3) is 0 Å². The Hall–Kier alpha value is -0.0900. The molecule has 4 heteroatoms. The number of Topliss-reactive ketones (excluding diaryl/α,β-unsaturated/α-hetero) is 1. The molecule has 0 bridgehead atoms. The molecule has 0 atom stereocenters. The number of hydrogen-bond acceptors (Lipinski definition) is 3. The van der Waals surface area contributed by atoms with Gasteiger partial charge in [0, 0.05) is 25.3 Å². The monoisotopic (exact) mass is 247 g/mol. The molecule has 0 aromatic rings. The van der Waals surface area contributed by atoms with E-state index >= 15 is 0 Å². The molecule has 88 valence electrons. The van der Waals surface area contributed by atoms with Crippen LogP contribution in [0.1, 0.15) is 40.0 Å². The summed E-state index contributed by atoms with van der Waals surface area (Å²) >= 11 is 6.97. The van der Waals surface area contributed by atoms with Gasteiger partial charge in [0.05, 0.1) is 0 Å². The van der Waals surface area contributed by atoms with Crippen LogP contribution in [0, 0.1) is 0 Å². The van der Waals surface area contributed by atoms with Crippen LogP contribution < -0.4 is 0 Å². The van der Waals surface area contributed by atoms with E-state index in [1.54, 1.807) is 18.7 Å². The molecule has 0 aliphatic carbocycles. The van der Waals surface area contributed by atoms with Crippen molar-refractivity contribution in [3.8, 4) is 0 Å². The minimum absolute atomic E-state index is 0.239. The first-order valence-corrected chi connectivity index (χ1v) is 6.92.